The van der Waals surface area contributed by atoms with Crippen molar-refractivity contribution in [2.75, 3.05) is 20.6 Å². The van der Waals surface area contributed by atoms with Crippen molar-refractivity contribution < 1.29 is 9.59 Å². The molecule has 126 valence electrons. The molecule has 0 atom stereocenters. The third-order valence-electron chi connectivity index (χ3n) is 4.25. The Bertz CT molecular complexity index is 823. The lowest BCUT2D eigenvalue weighted by molar-refractivity contribution is -0.130. The van der Waals surface area contributed by atoms with Crippen molar-refractivity contribution in [2.24, 2.45) is 5.10 Å². The van der Waals surface area contributed by atoms with Crippen molar-refractivity contribution in [3.05, 3.63) is 29.6 Å². The van der Waals surface area contributed by atoms with Gasteiger partial charge in [-0.15, -0.1) is 0 Å². The average molecular weight is 327 g/mol. The molecular formula is C17H21N5O2. The van der Waals surface area contributed by atoms with Crippen LogP contribution in [0.3, 0.4) is 0 Å². The second-order valence-electron chi connectivity index (χ2n) is 6.10. The van der Waals surface area contributed by atoms with Gasteiger partial charge in [0.1, 0.15) is 11.5 Å². The molecule has 0 saturated carbocycles. The zero-order valence-electron chi connectivity index (χ0n) is 14.2. The zero-order valence-corrected chi connectivity index (χ0v) is 14.2. The molecule has 1 aromatic heterocycles. The van der Waals surface area contributed by atoms with Crippen LogP contribution in [0.5, 0.6) is 0 Å². The van der Waals surface area contributed by atoms with Gasteiger partial charge in [-0.2, -0.15) is 5.10 Å². The summed E-state index contributed by atoms with van der Waals surface area (Å²) in [4.78, 5) is 33.4. The van der Waals surface area contributed by atoms with Crippen LogP contribution in [0.2, 0.25) is 0 Å². The maximum Gasteiger partial charge on any atom is 0.269 e. The lowest BCUT2D eigenvalue weighted by atomic mass is 10.1. The number of nitrogens with one attached hydrogen (secondary N) is 1. The summed E-state index contributed by atoms with van der Waals surface area (Å²) >= 11 is 0. The van der Waals surface area contributed by atoms with Crippen LogP contribution in [0, 0.1) is 6.92 Å². The van der Waals surface area contributed by atoms with E-state index in [1.807, 2.05) is 25.1 Å². The zero-order chi connectivity index (χ0) is 17.3. The molecule has 0 aliphatic carbocycles. The van der Waals surface area contributed by atoms with Crippen LogP contribution in [0.1, 0.15) is 24.2 Å². The monoisotopic (exact) mass is 327 g/mol. The van der Waals surface area contributed by atoms with E-state index in [-0.39, 0.29) is 11.8 Å². The van der Waals surface area contributed by atoms with E-state index in [1.54, 1.807) is 19.0 Å². The summed E-state index contributed by atoms with van der Waals surface area (Å²) in [5.41, 5.74) is 3.54. The lowest BCUT2D eigenvalue weighted by Crippen LogP contribution is -2.39. The lowest BCUT2D eigenvalue weighted by Gasteiger charge is -2.22. The topological polar surface area (TPSA) is 81.7 Å². The van der Waals surface area contributed by atoms with Gasteiger partial charge in [0.25, 0.3) is 5.91 Å². The van der Waals surface area contributed by atoms with Crippen molar-refractivity contribution in [3.8, 4) is 0 Å². The predicted molar refractivity (Wildman–Crippen MR) is 91.6 cm³/mol. The standard InChI is InChI=1S/C17H21N5O2/c1-11-5-4-6-12-16(11)19-14(18-12)9-10-21(2)17(24)13-7-8-15(23)22(3)20-13/h4-6H,7-10H2,1-3H3,(H,18,19). The first-order chi connectivity index (χ1) is 11.5. The summed E-state index contributed by atoms with van der Waals surface area (Å²) < 4.78 is 0. The molecule has 0 radical (unpaired) electrons. The van der Waals surface area contributed by atoms with E-state index >= 15 is 0 Å². The number of hydrogen-bond donors (Lipinski definition) is 1. The number of H-pyrrole nitrogens is 1. The maximum atomic E-state index is 12.4. The molecule has 0 fully saturated rings. The Morgan fingerprint density at radius 3 is 2.88 bits per heavy atom. The van der Waals surface area contributed by atoms with E-state index in [0.29, 0.717) is 31.5 Å². The first kappa shape index (κ1) is 16.2. The quantitative estimate of drug-likeness (QED) is 0.923. The van der Waals surface area contributed by atoms with Crippen LogP contribution in [0.25, 0.3) is 11.0 Å². The molecule has 7 nitrogen and oxygen atoms in total. The van der Waals surface area contributed by atoms with Gasteiger partial charge in [-0.1, -0.05) is 12.1 Å². The number of carbonyl (C=O) groups is 2. The molecule has 7 heteroatoms. The minimum Gasteiger partial charge on any atom is -0.342 e. The second-order valence-corrected chi connectivity index (χ2v) is 6.10. The summed E-state index contributed by atoms with van der Waals surface area (Å²) in [6, 6.07) is 6.02. The van der Waals surface area contributed by atoms with Crippen molar-refractivity contribution in [1.82, 2.24) is 19.9 Å². The van der Waals surface area contributed by atoms with Gasteiger partial charge in [0, 0.05) is 39.9 Å². The number of imidazole rings is 1. The number of aromatic amines is 1. The van der Waals surface area contributed by atoms with E-state index < -0.39 is 0 Å². The molecule has 3 rings (SSSR count). The van der Waals surface area contributed by atoms with Gasteiger partial charge in [-0.25, -0.2) is 9.99 Å². The molecule has 1 aromatic carbocycles. The van der Waals surface area contributed by atoms with Gasteiger partial charge in [0.15, 0.2) is 0 Å². The molecular weight excluding hydrogens is 306 g/mol. The van der Waals surface area contributed by atoms with Crippen molar-refractivity contribution in [1.29, 1.82) is 0 Å². The second kappa shape index (κ2) is 6.43. The predicted octanol–water partition coefficient (Wildman–Crippen LogP) is 1.48. The molecule has 2 aromatic rings. The molecule has 2 amide bonds. The number of rotatable bonds is 4. The van der Waals surface area contributed by atoms with E-state index in [4.69, 9.17) is 0 Å². The highest BCUT2D eigenvalue weighted by Gasteiger charge is 2.24. The van der Waals surface area contributed by atoms with E-state index in [1.165, 1.54) is 5.01 Å². The average Bonchev–Trinajstić information content (AvgIpc) is 2.99. The number of nitrogens with zero attached hydrogens (tertiary/aromatic N) is 4. The van der Waals surface area contributed by atoms with E-state index in [9.17, 15) is 9.59 Å². The fourth-order valence-corrected chi connectivity index (χ4v) is 2.76. The van der Waals surface area contributed by atoms with Gasteiger partial charge in [-0.3, -0.25) is 9.59 Å². The Morgan fingerprint density at radius 1 is 1.38 bits per heavy atom. The molecule has 0 bridgehead atoms. The third-order valence-corrected chi connectivity index (χ3v) is 4.25. The number of likely N-dealkylation sites (N-methyl/N-ethyl adjacent to an activating group) is 1. The smallest absolute Gasteiger partial charge is 0.269 e. The van der Waals surface area contributed by atoms with Crippen molar-refractivity contribution in [3.63, 3.8) is 0 Å². The number of aromatic nitrogens is 2. The molecule has 1 aliphatic rings. The van der Waals surface area contributed by atoms with Gasteiger partial charge in [0.2, 0.25) is 5.91 Å². The molecule has 1 aliphatic heterocycles. The molecule has 0 unspecified atom stereocenters. The summed E-state index contributed by atoms with van der Waals surface area (Å²) in [5.74, 6) is 0.658. The van der Waals surface area contributed by atoms with Crippen LogP contribution in [0.15, 0.2) is 23.3 Å². The Hall–Kier alpha value is -2.70. The first-order valence-electron chi connectivity index (χ1n) is 7.99. The molecule has 0 spiro atoms. The number of para-hydroxylation sites is 1. The van der Waals surface area contributed by atoms with Gasteiger partial charge in [-0.05, 0) is 18.6 Å². The normalized spacial score (nSPS) is 14.9. The van der Waals surface area contributed by atoms with Gasteiger partial charge >= 0.3 is 0 Å². The SMILES string of the molecule is Cc1cccc2[nH]c(CCN(C)C(=O)C3=NN(C)C(=O)CC3)nc12. The largest absolute Gasteiger partial charge is 0.342 e. The van der Waals surface area contributed by atoms with Gasteiger partial charge < -0.3 is 9.88 Å². The van der Waals surface area contributed by atoms with Crippen molar-refractivity contribution >= 4 is 28.6 Å². The summed E-state index contributed by atoms with van der Waals surface area (Å²) in [5, 5.41) is 5.31. The molecule has 1 N–H and O–H groups in total. The summed E-state index contributed by atoms with van der Waals surface area (Å²) in [7, 11) is 3.32. The van der Waals surface area contributed by atoms with Gasteiger partial charge in [0.05, 0.1) is 11.0 Å². The molecule has 24 heavy (non-hydrogen) atoms. The van der Waals surface area contributed by atoms with Crippen LogP contribution >= 0.6 is 0 Å². The molecule has 2 heterocycles. The number of hydrazone groups is 1. The minimum atomic E-state index is -0.137. The van der Waals surface area contributed by atoms with Crippen LogP contribution in [0.4, 0.5) is 0 Å². The Balaban J connectivity index is 1.65. The fraction of sp³-hybridized carbons (Fsp3) is 0.412. The highest BCUT2D eigenvalue weighted by Crippen LogP contribution is 2.16. The summed E-state index contributed by atoms with van der Waals surface area (Å²) in [6.07, 6.45) is 1.37. The number of benzene rings is 1. The maximum absolute atomic E-state index is 12.4. The first-order valence-corrected chi connectivity index (χ1v) is 7.99. The number of aryl methyl sites for hydroxylation is 1. The number of fused-ring (bicyclic) bond motifs is 1. The Kier molecular flexibility index (Phi) is 4.33. The van der Waals surface area contributed by atoms with Crippen molar-refractivity contribution in [2.45, 2.75) is 26.2 Å². The minimum absolute atomic E-state index is 0.0631. The number of carbonyl (C=O) groups excluding carboxylic acids is 2. The van der Waals surface area contributed by atoms with E-state index in [2.05, 4.69) is 15.1 Å². The van der Waals surface area contributed by atoms with E-state index in [0.717, 1.165) is 22.4 Å². The highest BCUT2D eigenvalue weighted by molar-refractivity contribution is 6.39. The highest BCUT2D eigenvalue weighted by atomic mass is 16.2. The Morgan fingerprint density at radius 2 is 2.17 bits per heavy atom. The fourth-order valence-electron chi connectivity index (χ4n) is 2.76. The Labute approximate surface area is 140 Å². The van der Waals surface area contributed by atoms with Crippen LogP contribution in [-0.4, -0.2) is 58.0 Å². The van der Waals surface area contributed by atoms with Crippen LogP contribution in [-0.2, 0) is 16.0 Å². The number of amides is 2. The number of hydrogen-bond acceptors (Lipinski definition) is 4. The third kappa shape index (κ3) is 3.15. The summed E-state index contributed by atoms with van der Waals surface area (Å²) in [6.45, 7) is 2.57. The molecule has 0 saturated heterocycles. The van der Waals surface area contributed by atoms with Crippen LogP contribution < -0.4 is 0 Å².